The van der Waals surface area contributed by atoms with Gasteiger partial charge < -0.3 is 4.74 Å². The van der Waals surface area contributed by atoms with Crippen LogP contribution in [-0.2, 0) is 16.6 Å². The zero-order chi connectivity index (χ0) is 15.6. The van der Waals surface area contributed by atoms with Crippen LogP contribution in [0.2, 0.25) is 0 Å². The molecular weight excluding hydrogens is 293 g/mol. The molecule has 0 heterocycles. The Hall–Kier alpha value is -1.92. The highest BCUT2D eigenvalue weighted by Crippen LogP contribution is 2.25. The Morgan fingerprint density at radius 1 is 1.14 bits per heavy atom. The van der Waals surface area contributed by atoms with Gasteiger partial charge in [0.1, 0.15) is 23.1 Å². The summed E-state index contributed by atoms with van der Waals surface area (Å²) in [6.07, 6.45) is 0. The first-order chi connectivity index (χ1) is 9.77. The number of sulfonamides is 1. The fourth-order valence-electron chi connectivity index (χ4n) is 1.93. The summed E-state index contributed by atoms with van der Waals surface area (Å²) in [4.78, 5) is -0.354. The summed E-state index contributed by atoms with van der Waals surface area (Å²) in [5.41, 5.74) is 3.03. The summed E-state index contributed by atoms with van der Waals surface area (Å²) in [5, 5.41) is 5.07. The van der Waals surface area contributed by atoms with Crippen molar-refractivity contribution >= 4 is 10.0 Å². The van der Waals surface area contributed by atoms with Gasteiger partial charge in [-0.1, -0.05) is 23.8 Å². The van der Waals surface area contributed by atoms with Gasteiger partial charge in [-0.05, 0) is 43.2 Å². The highest BCUT2D eigenvalue weighted by atomic mass is 32.2. The summed E-state index contributed by atoms with van der Waals surface area (Å²) < 4.78 is 41.6. The molecule has 0 unspecified atom stereocenters. The highest BCUT2D eigenvalue weighted by molar-refractivity contribution is 7.89. The maximum atomic E-state index is 13.2. The van der Waals surface area contributed by atoms with Crippen LogP contribution in [-0.4, -0.2) is 8.42 Å². The van der Waals surface area contributed by atoms with Crippen molar-refractivity contribution in [1.82, 2.24) is 0 Å². The first-order valence-corrected chi connectivity index (χ1v) is 7.83. The molecule has 0 fully saturated rings. The molecule has 2 rings (SSSR count). The van der Waals surface area contributed by atoms with Gasteiger partial charge in [0.25, 0.3) is 0 Å². The van der Waals surface area contributed by atoms with Crippen LogP contribution < -0.4 is 9.88 Å². The van der Waals surface area contributed by atoms with Crippen LogP contribution >= 0.6 is 0 Å². The van der Waals surface area contributed by atoms with E-state index in [-0.39, 0.29) is 17.3 Å². The average Bonchev–Trinajstić information content (AvgIpc) is 2.40. The SMILES string of the molecule is Cc1ccc(C)c(COc2ccc(F)cc2S(N)(=O)=O)c1. The molecule has 0 aromatic heterocycles. The molecule has 0 saturated heterocycles. The van der Waals surface area contributed by atoms with E-state index in [1.165, 1.54) is 6.07 Å². The van der Waals surface area contributed by atoms with Gasteiger partial charge in [0, 0.05) is 0 Å². The number of benzene rings is 2. The van der Waals surface area contributed by atoms with Crippen molar-refractivity contribution in [2.75, 3.05) is 0 Å². The molecule has 0 saturated carbocycles. The number of halogens is 1. The van der Waals surface area contributed by atoms with E-state index in [0.717, 1.165) is 28.8 Å². The van der Waals surface area contributed by atoms with Gasteiger partial charge in [-0.3, -0.25) is 0 Å². The van der Waals surface area contributed by atoms with Crippen LogP contribution in [0.25, 0.3) is 0 Å². The molecule has 0 spiro atoms. The minimum Gasteiger partial charge on any atom is -0.487 e. The predicted octanol–water partition coefficient (Wildman–Crippen LogP) is 2.67. The molecule has 0 amide bonds. The quantitative estimate of drug-likeness (QED) is 0.944. The van der Waals surface area contributed by atoms with Gasteiger partial charge in [-0.25, -0.2) is 17.9 Å². The first-order valence-electron chi connectivity index (χ1n) is 6.28. The van der Waals surface area contributed by atoms with Crippen LogP contribution in [0.1, 0.15) is 16.7 Å². The Labute approximate surface area is 123 Å². The van der Waals surface area contributed by atoms with Crippen LogP contribution in [0.15, 0.2) is 41.3 Å². The summed E-state index contributed by atoms with van der Waals surface area (Å²) in [6.45, 7) is 4.07. The number of hydrogen-bond donors (Lipinski definition) is 1. The predicted molar refractivity (Wildman–Crippen MR) is 78.0 cm³/mol. The van der Waals surface area contributed by atoms with Crippen LogP contribution in [0.5, 0.6) is 5.75 Å². The summed E-state index contributed by atoms with van der Waals surface area (Å²) in [5.74, 6) is -0.641. The van der Waals surface area contributed by atoms with Gasteiger partial charge in [-0.2, -0.15) is 0 Å². The second-order valence-electron chi connectivity index (χ2n) is 4.85. The van der Waals surface area contributed by atoms with Crippen molar-refractivity contribution in [3.63, 3.8) is 0 Å². The standard InChI is InChI=1S/C15H16FNO3S/c1-10-3-4-11(2)12(7-10)9-20-14-6-5-13(16)8-15(14)21(17,18)19/h3-8H,9H2,1-2H3,(H2,17,18,19). The smallest absolute Gasteiger partial charge is 0.241 e. The van der Waals surface area contributed by atoms with E-state index in [1.54, 1.807) is 0 Å². The van der Waals surface area contributed by atoms with Gasteiger partial charge >= 0.3 is 0 Å². The Morgan fingerprint density at radius 2 is 1.86 bits per heavy atom. The van der Waals surface area contributed by atoms with E-state index in [9.17, 15) is 12.8 Å². The number of nitrogens with two attached hydrogens (primary N) is 1. The van der Waals surface area contributed by atoms with E-state index in [2.05, 4.69) is 0 Å². The first kappa shape index (κ1) is 15.5. The fraction of sp³-hybridized carbons (Fsp3) is 0.200. The molecule has 21 heavy (non-hydrogen) atoms. The normalized spacial score (nSPS) is 11.4. The van der Waals surface area contributed by atoms with Crippen LogP contribution in [0.3, 0.4) is 0 Å². The van der Waals surface area contributed by atoms with Gasteiger partial charge in [0.05, 0.1) is 0 Å². The zero-order valence-electron chi connectivity index (χ0n) is 11.8. The molecule has 0 aliphatic heterocycles. The molecule has 2 aromatic carbocycles. The highest BCUT2D eigenvalue weighted by Gasteiger charge is 2.16. The molecule has 2 N–H and O–H groups in total. The lowest BCUT2D eigenvalue weighted by Gasteiger charge is -2.12. The van der Waals surface area contributed by atoms with Crippen molar-refractivity contribution in [3.8, 4) is 5.75 Å². The third-order valence-electron chi connectivity index (χ3n) is 3.10. The average molecular weight is 309 g/mol. The Balaban J connectivity index is 2.30. The van der Waals surface area contributed by atoms with Crippen molar-refractivity contribution in [3.05, 3.63) is 58.9 Å². The minimum absolute atomic E-state index is 0.0415. The van der Waals surface area contributed by atoms with Crippen molar-refractivity contribution in [1.29, 1.82) is 0 Å². The molecule has 112 valence electrons. The van der Waals surface area contributed by atoms with Gasteiger partial charge in [0.15, 0.2) is 0 Å². The summed E-state index contributed by atoms with van der Waals surface area (Å²) >= 11 is 0. The van der Waals surface area contributed by atoms with Crippen LogP contribution in [0.4, 0.5) is 4.39 Å². The second-order valence-corrected chi connectivity index (χ2v) is 6.38. The van der Waals surface area contributed by atoms with E-state index in [0.29, 0.717) is 0 Å². The van der Waals surface area contributed by atoms with Crippen molar-refractivity contribution in [2.45, 2.75) is 25.3 Å². The largest absolute Gasteiger partial charge is 0.487 e. The van der Waals surface area contributed by atoms with E-state index in [4.69, 9.17) is 9.88 Å². The van der Waals surface area contributed by atoms with E-state index in [1.807, 2.05) is 32.0 Å². The molecule has 6 heteroatoms. The maximum Gasteiger partial charge on any atom is 0.241 e. The molecule has 2 aromatic rings. The monoisotopic (exact) mass is 309 g/mol. The van der Waals surface area contributed by atoms with E-state index >= 15 is 0 Å². The maximum absolute atomic E-state index is 13.2. The fourth-order valence-corrected chi connectivity index (χ4v) is 2.62. The lowest BCUT2D eigenvalue weighted by atomic mass is 10.1. The second kappa shape index (κ2) is 5.83. The molecule has 0 aliphatic rings. The third-order valence-corrected chi connectivity index (χ3v) is 4.03. The number of aryl methyl sites for hydroxylation is 2. The topological polar surface area (TPSA) is 69.4 Å². The van der Waals surface area contributed by atoms with Crippen molar-refractivity contribution < 1.29 is 17.5 Å². The Kier molecular flexibility index (Phi) is 4.29. The molecule has 0 radical (unpaired) electrons. The number of rotatable bonds is 4. The summed E-state index contributed by atoms with van der Waals surface area (Å²) in [6, 6.07) is 9.14. The summed E-state index contributed by atoms with van der Waals surface area (Å²) in [7, 11) is -4.04. The van der Waals surface area contributed by atoms with Gasteiger partial charge in [-0.15, -0.1) is 0 Å². The molecule has 0 aliphatic carbocycles. The van der Waals surface area contributed by atoms with E-state index < -0.39 is 15.8 Å². The van der Waals surface area contributed by atoms with Crippen molar-refractivity contribution in [2.24, 2.45) is 5.14 Å². The van der Waals surface area contributed by atoms with Crippen LogP contribution in [0, 0.1) is 19.7 Å². The lowest BCUT2D eigenvalue weighted by Crippen LogP contribution is -2.14. The minimum atomic E-state index is -4.04. The molecule has 0 atom stereocenters. The number of primary sulfonamides is 1. The zero-order valence-corrected chi connectivity index (χ0v) is 12.6. The Bertz CT molecular complexity index is 772. The molecule has 4 nitrogen and oxygen atoms in total. The lowest BCUT2D eigenvalue weighted by molar-refractivity contribution is 0.296. The van der Waals surface area contributed by atoms with Gasteiger partial charge in [0.2, 0.25) is 10.0 Å². The number of hydrogen-bond acceptors (Lipinski definition) is 3. The number of ether oxygens (including phenoxy) is 1. The Morgan fingerprint density at radius 3 is 2.52 bits per heavy atom. The molecular formula is C15H16FNO3S. The molecule has 0 bridgehead atoms. The third kappa shape index (κ3) is 3.80.